The van der Waals surface area contributed by atoms with E-state index in [1.165, 1.54) is 32.1 Å². The highest BCUT2D eigenvalue weighted by atomic mass is 32.1. The van der Waals surface area contributed by atoms with Gasteiger partial charge in [0, 0.05) is 17.6 Å². The number of carbonyl (C=O) groups excluding carboxylic acids is 1. The van der Waals surface area contributed by atoms with Crippen LogP contribution in [0.5, 0.6) is 0 Å². The fourth-order valence-electron chi connectivity index (χ4n) is 3.36. The van der Waals surface area contributed by atoms with Crippen molar-refractivity contribution in [1.82, 2.24) is 10.3 Å². The normalized spacial score (nSPS) is 31.9. The quantitative estimate of drug-likeness (QED) is 0.912. The molecule has 3 unspecified atom stereocenters. The Hall–Kier alpha value is -0.740. The van der Waals surface area contributed by atoms with E-state index in [0.29, 0.717) is 18.2 Å². The van der Waals surface area contributed by atoms with Gasteiger partial charge in [-0.05, 0) is 31.6 Å². The summed E-state index contributed by atoms with van der Waals surface area (Å²) < 4.78 is 0. The van der Waals surface area contributed by atoms with Gasteiger partial charge in [0.25, 0.3) is 0 Å². The second kappa shape index (κ2) is 5.49. The van der Waals surface area contributed by atoms with Crippen LogP contribution in [-0.4, -0.2) is 22.9 Å². The van der Waals surface area contributed by atoms with E-state index in [9.17, 15) is 4.79 Å². The molecule has 0 amide bonds. The molecular formula is C14H20N2OS. The summed E-state index contributed by atoms with van der Waals surface area (Å²) in [6.07, 6.45) is 9.83. The summed E-state index contributed by atoms with van der Waals surface area (Å²) in [5.41, 5.74) is 0. The number of piperidine rings is 1. The van der Waals surface area contributed by atoms with Gasteiger partial charge >= 0.3 is 0 Å². The minimum atomic E-state index is 0.0771. The zero-order valence-electron chi connectivity index (χ0n) is 10.6. The van der Waals surface area contributed by atoms with E-state index in [0.717, 1.165) is 17.3 Å². The molecule has 2 heterocycles. The van der Waals surface area contributed by atoms with Gasteiger partial charge in [0.15, 0.2) is 5.78 Å². The number of hydrogen-bond acceptors (Lipinski definition) is 4. The van der Waals surface area contributed by atoms with Gasteiger partial charge in [0.1, 0.15) is 0 Å². The molecule has 18 heavy (non-hydrogen) atoms. The SMILES string of the molecule is O=C(Cc1nccs1)C1CCC2CCCCC2N1. The third kappa shape index (κ3) is 2.64. The van der Waals surface area contributed by atoms with Crippen LogP contribution < -0.4 is 5.32 Å². The molecule has 3 atom stereocenters. The molecule has 0 radical (unpaired) electrons. The van der Waals surface area contributed by atoms with Crippen molar-refractivity contribution in [3.63, 3.8) is 0 Å². The second-order valence-electron chi connectivity index (χ2n) is 5.52. The molecule has 1 aliphatic heterocycles. The van der Waals surface area contributed by atoms with E-state index < -0.39 is 0 Å². The Morgan fingerprint density at radius 2 is 2.22 bits per heavy atom. The van der Waals surface area contributed by atoms with Crippen LogP contribution in [0.2, 0.25) is 0 Å². The largest absolute Gasteiger partial charge is 0.304 e. The molecule has 1 aliphatic carbocycles. The van der Waals surface area contributed by atoms with Crippen LogP contribution in [0.25, 0.3) is 0 Å². The third-order valence-electron chi connectivity index (χ3n) is 4.35. The average molecular weight is 264 g/mol. The lowest BCUT2D eigenvalue weighted by molar-refractivity contribution is -0.121. The zero-order valence-corrected chi connectivity index (χ0v) is 11.4. The predicted molar refractivity (Wildman–Crippen MR) is 72.7 cm³/mol. The summed E-state index contributed by atoms with van der Waals surface area (Å²) in [4.78, 5) is 16.4. The first-order valence-corrected chi connectivity index (χ1v) is 7.88. The maximum absolute atomic E-state index is 12.2. The van der Waals surface area contributed by atoms with Crippen molar-refractivity contribution in [3.8, 4) is 0 Å². The molecule has 1 aromatic heterocycles. The van der Waals surface area contributed by atoms with E-state index in [-0.39, 0.29) is 6.04 Å². The second-order valence-corrected chi connectivity index (χ2v) is 6.50. The monoisotopic (exact) mass is 264 g/mol. The highest BCUT2D eigenvalue weighted by molar-refractivity contribution is 7.09. The number of thiazole rings is 1. The number of Topliss-reactive ketones (excluding diaryl/α,β-unsaturated/α-hetero) is 1. The van der Waals surface area contributed by atoms with Gasteiger partial charge in [-0.1, -0.05) is 12.8 Å². The maximum Gasteiger partial charge on any atom is 0.156 e. The number of nitrogens with zero attached hydrogens (tertiary/aromatic N) is 1. The van der Waals surface area contributed by atoms with Crippen molar-refractivity contribution >= 4 is 17.1 Å². The van der Waals surface area contributed by atoms with E-state index in [1.54, 1.807) is 17.5 Å². The minimum absolute atomic E-state index is 0.0771. The molecule has 98 valence electrons. The molecule has 1 saturated heterocycles. The molecule has 0 aromatic carbocycles. The van der Waals surface area contributed by atoms with Crippen LogP contribution in [0.1, 0.15) is 43.5 Å². The summed E-state index contributed by atoms with van der Waals surface area (Å²) in [5, 5.41) is 6.48. The lowest BCUT2D eigenvalue weighted by Gasteiger charge is -2.39. The fourth-order valence-corrected chi connectivity index (χ4v) is 3.99. The summed E-state index contributed by atoms with van der Waals surface area (Å²) >= 11 is 1.58. The third-order valence-corrected chi connectivity index (χ3v) is 5.13. The van der Waals surface area contributed by atoms with Crippen molar-refractivity contribution in [3.05, 3.63) is 16.6 Å². The summed E-state index contributed by atoms with van der Waals surface area (Å²) in [6.45, 7) is 0. The van der Waals surface area contributed by atoms with Crippen LogP contribution in [-0.2, 0) is 11.2 Å². The Morgan fingerprint density at radius 3 is 3.06 bits per heavy atom. The van der Waals surface area contributed by atoms with Crippen molar-refractivity contribution in [2.75, 3.05) is 0 Å². The first kappa shape index (κ1) is 12.3. The van der Waals surface area contributed by atoms with Gasteiger partial charge in [-0.15, -0.1) is 11.3 Å². The first-order chi connectivity index (χ1) is 8.83. The standard InChI is InChI=1S/C14H20N2OS/c17-13(9-14-15-7-8-18-14)12-6-5-10-3-1-2-4-11(10)16-12/h7-8,10-12,16H,1-6,9H2. The number of ketones is 1. The van der Waals surface area contributed by atoms with Crippen molar-refractivity contribution < 1.29 is 4.79 Å². The number of nitrogens with one attached hydrogen (secondary N) is 1. The van der Waals surface area contributed by atoms with Crippen LogP contribution in [0.3, 0.4) is 0 Å². The van der Waals surface area contributed by atoms with Gasteiger partial charge in [-0.25, -0.2) is 4.98 Å². The molecule has 3 nitrogen and oxygen atoms in total. The van der Waals surface area contributed by atoms with Gasteiger partial charge in [-0.3, -0.25) is 4.79 Å². The van der Waals surface area contributed by atoms with Crippen molar-refractivity contribution in [2.24, 2.45) is 5.92 Å². The molecule has 1 N–H and O–H groups in total. The first-order valence-electron chi connectivity index (χ1n) is 7.00. The molecule has 0 bridgehead atoms. The van der Waals surface area contributed by atoms with Gasteiger partial charge in [0.05, 0.1) is 17.5 Å². The van der Waals surface area contributed by atoms with E-state index in [2.05, 4.69) is 10.3 Å². The topological polar surface area (TPSA) is 42.0 Å². The molecule has 4 heteroatoms. The van der Waals surface area contributed by atoms with Crippen molar-refractivity contribution in [2.45, 2.75) is 57.0 Å². The molecular weight excluding hydrogens is 244 g/mol. The Bertz CT molecular complexity index is 404. The molecule has 2 fully saturated rings. The van der Waals surface area contributed by atoms with Crippen LogP contribution >= 0.6 is 11.3 Å². The van der Waals surface area contributed by atoms with E-state index in [4.69, 9.17) is 0 Å². The molecule has 0 spiro atoms. The fraction of sp³-hybridized carbons (Fsp3) is 0.714. The van der Waals surface area contributed by atoms with Gasteiger partial charge in [0.2, 0.25) is 0 Å². The zero-order chi connectivity index (χ0) is 12.4. The summed E-state index contributed by atoms with van der Waals surface area (Å²) in [5.74, 6) is 1.15. The number of hydrogen-bond donors (Lipinski definition) is 1. The number of aromatic nitrogens is 1. The summed E-state index contributed by atoms with van der Waals surface area (Å²) in [6, 6.07) is 0.672. The van der Waals surface area contributed by atoms with Crippen LogP contribution in [0.4, 0.5) is 0 Å². The lowest BCUT2D eigenvalue weighted by atomic mass is 9.77. The molecule has 3 rings (SSSR count). The number of rotatable bonds is 3. The lowest BCUT2D eigenvalue weighted by Crippen LogP contribution is -2.52. The predicted octanol–water partition coefficient (Wildman–Crippen LogP) is 2.57. The molecule has 2 aliphatic rings. The Balaban J connectivity index is 1.58. The Kier molecular flexibility index (Phi) is 3.75. The highest BCUT2D eigenvalue weighted by Gasteiger charge is 2.34. The Morgan fingerprint density at radius 1 is 1.33 bits per heavy atom. The highest BCUT2D eigenvalue weighted by Crippen LogP contribution is 2.32. The number of fused-ring (bicyclic) bond motifs is 1. The maximum atomic E-state index is 12.2. The van der Waals surface area contributed by atoms with Crippen LogP contribution in [0, 0.1) is 5.92 Å². The average Bonchev–Trinajstić information content (AvgIpc) is 2.91. The van der Waals surface area contributed by atoms with Crippen molar-refractivity contribution in [1.29, 1.82) is 0 Å². The van der Waals surface area contributed by atoms with Gasteiger partial charge < -0.3 is 5.32 Å². The van der Waals surface area contributed by atoms with E-state index >= 15 is 0 Å². The molecule has 1 aromatic rings. The number of carbonyl (C=O) groups is 1. The van der Waals surface area contributed by atoms with Gasteiger partial charge in [-0.2, -0.15) is 0 Å². The minimum Gasteiger partial charge on any atom is -0.304 e. The Labute approximate surface area is 112 Å². The van der Waals surface area contributed by atoms with E-state index in [1.807, 2.05) is 5.38 Å². The van der Waals surface area contributed by atoms with Crippen LogP contribution in [0.15, 0.2) is 11.6 Å². The summed E-state index contributed by atoms with van der Waals surface area (Å²) in [7, 11) is 0. The molecule has 1 saturated carbocycles. The smallest absolute Gasteiger partial charge is 0.156 e.